The lowest BCUT2D eigenvalue weighted by atomic mass is 9.76. The summed E-state index contributed by atoms with van der Waals surface area (Å²) in [5, 5.41) is 38.9. The van der Waals surface area contributed by atoms with E-state index in [2.05, 4.69) is 9.97 Å². The molecule has 0 saturated carbocycles. The molecule has 0 amide bonds. The highest BCUT2D eigenvalue weighted by Crippen LogP contribution is 2.48. The second-order valence-electron chi connectivity index (χ2n) is 8.56. The molecular formula is C26H26N4O7. The van der Waals surface area contributed by atoms with E-state index in [1.54, 1.807) is 42.5 Å². The number of H-pyrrole nitrogens is 1. The van der Waals surface area contributed by atoms with Crippen molar-refractivity contribution in [3.8, 4) is 5.75 Å². The van der Waals surface area contributed by atoms with E-state index >= 15 is 0 Å². The molecule has 11 nitrogen and oxygen atoms in total. The van der Waals surface area contributed by atoms with Gasteiger partial charge in [0.25, 0.3) is 0 Å². The summed E-state index contributed by atoms with van der Waals surface area (Å²) in [7, 11) is 2.76. The predicted octanol–water partition coefficient (Wildman–Crippen LogP) is 2.47. The number of hydrogen-bond donors (Lipinski definition) is 6. The summed E-state index contributed by atoms with van der Waals surface area (Å²) in [6, 6.07) is 11.7. The van der Waals surface area contributed by atoms with Gasteiger partial charge in [-0.15, -0.1) is 0 Å². The first-order valence-corrected chi connectivity index (χ1v) is 11.2. The Labute approximate surface area is 211 Å². The number of fused-ring (bicyclic) bond motifs is 1. The van der Waals surface area contributed by atoms with Gasteiger partial charge in [-0.1, -0.05) is 24.3 Å². The molecule has 0 saturated heterocycles. The van der Waals surface area contributed by atoms with Crippen molar-refractivity contribution in [2.75, 3.05) is 14.2 Å². The maximum atomic E-state index is 12.1. The van der Waals surface area contributed by atoms with Crippen LogP contribution in [0.4, 0.5) is 0 Å². The van der Waals surface area contributed by atoms with Gasteiger partial charge < -0.3 is 35.5 Å². The van der Waals surface area contributed by atoms with Gasteiger partial charge in [0.15, 0.2) is 0 Å². The number of nitrogens with two attached hydrogens (primary N) is 1. The quantitative estimate of drug-likeness (QED) is 0.144. The molecule has 0 fully saturated rings. The molecule has 11 heteroatoms. The molecule has 192 valence electrons. The third kappa shape index (κ3) is 4.69. The van der Waals surface area contributed by atoms with Crippen molar-refractivity contribution in [2.45, 2.75) is 18.1 Å². The molecule has 1 aromatic heterocycles. The van der Waals surface area contributed by atoms with E-state index < -0.39 is 36.0 Å². The first-order chi connectivity index (χ1) is 17.6. The molecule has 0 aliphatic heterocycles. The maximum Gasteiger partial charge on any atom is 0.311 e. The van der Waals surface area contributed by atoms with Crippen LogP contribution in [0.25, 0.3) is 16.6 Å². The Kier molecular flexibility index (Phi) is 6.84. The Hall–Kier alpha value is -4.48. The van der Waals surface area contributed by atoms with Crippen LogP contribution in [0.15, 0.2) is 60.2 Å². The molecule has 0 radical (unpaired) electrons. The number of carboxylic acid groups (broad SMARTS) is 2. The Bertz CT molecular complexity index is 1460. The Morgan fingerprint density at radius 2 is 1.95 bits per heavy atom. The third-order valence-electron chi connectivity index (χ3n) is 6.37. The average Bonchev–Trinajstić information content (AvgIpc) is 3.30. The summed E-state index contributed by atoms with van der Waals surface area (Å²) in [5.41, 5.74) is 7.88. The molecule has 7 N–H and O–H groups in total. The van der Waals surface area contributed by atoms with E-state index in [0.29, 0.717) is 27.9 Å². The number of nitrogen functional groups attached to an aromatic ring is 1. The lowest BCUT2D eigenvalue weighted by Gasteiger charge is -2.38. The maximum absolute atomic E-state index is 12.1. The first-order valence-electron chi connectivity index (χ1n) is 11.2. The summed E-state index contributed by atoms with van der Waals surface area (Å²) in [5.74, 6) is -6.64. The van der Waals surface area contributed by atoms with Gasteiger partial charge in [0, 0.05) is 23.8 Å². The minimum absolute atomic E-state index is 0.134. The highest BCUT2D eigenvalue weighted by atomic mass is 16.6. The van der Waals surface area contributed by atoms with Crippen LogP contribution in [0.3, 0.4) is 0 Å². The number of rotatable bonds is 9. The third-order valence-corrected chi connectivity index (χ3v) is 6.37. The fourth-order valence-corrected chi connectivity index (χ4v) is 4.51. The second kappa shape index (κ2) is 9.88. The van der Waals surface area contributed by atoms with E-state index in [1.807, 2.05) is 0 Å². The zero-order valence-corrected chi connectivity index (χ0v) is 20.1. The van der Waals surface area contributed by atoms with Crippen LogP contribution in [0, 0.1) is 11.3 Å². The van der Waals surface area contributed by atoms with E-state index in [1.165, 1.54) is 26.4 Å². The average molecular weight is 507 g/mol. The smallest absolute Gasteiger partial charge is 0.311 e. The monoisotopic (exact) mass is 506 g/mol. The molecule has 2 aromatic carbocycles. The van der Waals surface area contributed by atoms with E-state index in [4.69, 9.17) is 20.6 Å². The number of aliphatic carboxylic acids is 2. The molecule has 37 heavy (non-hydrogen) atoms. The molecule has 0 spiro atoms. The molecular weight excluding hydrogens is 480 g/mol. The van der Waals surface area contributed by atoms with Crippen LogP contribution in [0.2, 0.25) is 0 Å². The standard InChI is InChI=1S/C26H26N4O7/c1-36-21-6-4-3-5-15(21)17-9-14(16(25(33)34)12-22(31)32)10-18(26(17,35)37-2)24-29-19-8-7-13(23(27)28)11-20(19)30-24/h3-11,16,18,35H,12H2,1-2H3,(H3,27,28)(H,29,30)(H,31,32)(H,33,34). The largest absolute Gasteiger partial charge is 0.496 e. The van der Waals surface area contributed by atoms with Gasteiger partial charge in [0.05, 0.1) is 36.4 Å². The van der Waals surface area contributed by atoms with Crippen molar-refractivity contribution in [1.29, 1.82) is 5.41 Å². The summed E-state index contributed by atoms with van der Waals surface area (Å²) >= 11 is 0. The van der Waals surface area contributed by atoms with Crippen LogP contribution in [-0.2, 0) is 14.3 Å². The van der Waals surface area contributed by atoms with Gasteiger partial charge >= 0.3 is 11.9 Å². The van der Waals surface area contributed by atoms with Crippen molar-refractivity contribution in [3.63, 3.8) is 0 Å². The fourth-order valence-electron chi connectivity index (χ4n) is 4.51. The van der Waals surface area contributed by atoms with Gasteiger partial charge in [-0.05, 0) is 35.9 Å². The van der Waals surface area contributed by atoms with E-state index in [9.17, 15) is 24.9 Å². The van der Waals surface area contributed by atoms with Gasteiger partial charge in [0.2, 0.25) is 5.79 Å². The molecule has 0 bridgehead atoms. The number of allylic oxidation sites excluding steroid dienone is 1. The molecule has 4 rings (SSSR count). The van der Waals surface area contributed by atoms with Gasteiger partial charge in [-0.3, -0.25) is 15.0 Å². The number of aromatic amines is 1. The van der Waals surface area contributed by atoms with Gasteiger partial charge in [0.1, 0.15) is 17.4 Å². The Morgan fingerprint density at radius 1 is 1.22 bits per heavy atom. The van der Waals surface area contributed by atoms with Gasteiger partial charge in [-0.2, -0.15) is 0 Å². The first kappa shape index (κ1) is 25.6. The number of hydrogen-bond acceptors (Lipinski definition) is 7. The summed E-state index contributed by atoms with van der Waals surface area (Å²) < 4.78 is 11.1. The van der Waals surface area contributed by atoms with Crippen LogP contribution in [-0.4, -0.2) is 63.1 Å². The number of nitrogens with zero attached hydrogens (tertiary/aromatic N) is 1. The van der Waals surface area contributed by atoms with E-state index in [-0.39, 0.29) is 22.8 Å². The number of benzene rings is 2. The lowest BCUT2D eigenvalue weighted by Crippen LogP contribution is -2.42. The molecule has 1 heterocycles. The molecule has 3 atom stereocenters. The van der Waals surface area contributed by atoms with Crippen molar-refractivity contribution in [3.05, 3.63) is 77.1 Å². The van der Waals surface area contributed by atoms with Gasteiger partial charge in [-0.25, -0.2) is 4.98 Å². The number of carbonyl (C=O) groups is 2. The van der Waals surface area contributed by atoms with Crippen molar-refractivity contribution in [1.82, 2.24) is 9.97 Å². The normalized spacial score (nSPS) is 20.1. The molecule has 3 aromatic rings. The van der Waals surface area contributed by atoms with Crippen molar-refractivity contribution in [2.24, 2.45) is 11.7 Å². The summed E-state index contributed by atoms with van der Waals surface area (Å²) in [6.45, 7) is 0. The minimum atomic E-state index is -2.04. The second-order valence-corrected chi connectivity index (χ2v) is 8.56. The number of carboxylic acids is 2. The number of methoxy groups -OCH3 is 2. The zero-order valence-electron chi connectivity index (χ0n) is 20.1. The number of nitrogens with one attached hydrogen (secondary N) is 2. The number of aliphatic hydroxyl groups is 1. The highest BCUT2D eigenvalue weighted by Gasteiger charge is 2.47. The zero-order chi connectivity index (χ0) is 26.9. The van der Waals surface area contributed by atoms with Crippen LogP contribution < -0.4 is 10.5 Å². The lowest BCUT2D eigenvalue weighted by molar-refractivity contribution is -0.149. The van der Waals surface area contributed by atoms with Crippen LogP contribution in [0.5, 0.6) is 5.75 Å². The Balaban J connectivity index is 1.96. The van der Waals surface area contributed by atoms with Crippen LogP contribution >= 0.6 is 0 Å². The summed E-state index contributed by atoms with van der Waals surface area (Å²) in [4.78, 5) is 31.3. The summed E-state index contributed by atoms with van der Waals surface area (Å²) in [6.07, 6.45) is 2.21. The highest BCUT2D eigenvalue weighted by molar-refractivity contribution is 5.98. The van der Waals surface area contributed by atoms with E-state index in [0.717, 1.165) is 0 Å². The van der Waals surface area contributed by atoms with Crippen LogP contribution in [0.1, 0.15) is 29.3 Å². The molecule has 3 unspecified atom stereocenters. The number of ether oxygens (including phenoxy) is 2. The SMILES string of the molecule is COc1ccccc1C1=CC(C(CC(=O)O)C(=O)O)=CC(c2nc3ccc(C(=N)N)cc3[nH]2)C1(O)OC. The minimum Gasteiger partial charge on any atom is -0.496 e. The molecule has 1 aliphatic carbocycles. The molecule has 1 aliphatic rings. The number of amidine groups is 1. The number of aromatic nitrogens is 2. The topological polar surface area (TPSA) is 192 Å². The number of para-hydroxylation sites is 1. The number of imidazole rings is 1. The van der Waals surface area contributed by atoms with Crippen molar-refractivity contribution >= 4 is 34.4 Å². The Morgan fingerprint density at radius 3 is 2.57 bits per heavy atom. The van der Waals surface area contributed by atoms with Crippen molar-refractivity contribution < 1.29 is 34.4 Å². The fraction of sp³-hybridized carbons (Fsp3) is 0.231. The predicted molar refractivity (Wildman–Crippen MR) is 134 cm³/mol.